The molecule has 0 fully saturated rings. The Morgan fingerprint density at radius 1 is 1.04 bits per heavy atom. The topological polar surface area (TPSA) is 95.2 Å². The third-order valence-corrected chi connectivity index (χ3v) is 5.53. The van der Waals surface area contributed by atoms with E-state index in [0.717, 1.165) is 21.6 Å². The zero-order valence-corrected chi connectivity index (χ0v) is 16.2. The molecule has 2 rings (SSSR count). The molecule has 0 saturated heterocycles. The Balaban J connectivity index is 3.47. The first-order valence-electron chi connectivity index (χ1n) is 7.74. The molecule has 0 aliphatic heterocycles. The van der Waals surface area contributed by atoms with Crippen molar-refractivity contribution in [1.82, 2.24) is 0 Å². The minimum Gasteiger partial charge on any atom is -0.192 e. The van der Waals surface area contributed by atoms with Gasteiger partial charge in [-0.3, -0.25) is 0 Å². The lowest BCUT2D eigenvalue weighted by Crippen LogP contribution is -2.20. The number of fused-ring (bicyclic) bond motifs is 1. The number of hydrogen-bond acceptors (Lipinski definition) is 6. The van der Waals surface area contributed by atoms with E-state index in [1.807, 2.05) is 57.2 Å². The van der Waals surface area contributed by atoms with E-state index in [9.17, 15) is 21.0 Å². The van der Waals surface area contributed by atoms with E-state index >= 15 is 0 Å². The molecule has 2 aromatic rings. The number of allylic oxidation sites excluding steroid dienone is 1. The van der Waals surface area contributed by atoms with E-state index in [2.05, 4.69) is 12.6 Å². The molecular formula is C20H14N4S2. The number of nitriles is 4. The molecule has 1 aromatic heterocycles. The molecule has 0 aliphatic rings. The molecule has 1 heterocycles. The van der Waals surface area contributed by atoms with Crippen molar-refractivity contribution in [2.75, 3.05) is 0 Å². The number of thiophene rings is 1. The lowest BCUT2D eigenvalue weighted by Gasteiger charge is -2.07. The Kier molecular flexibility index (Phi) is 5.86. The van der Waals surface area contributed by atoms with Crippen molar-refractivity contribution in [2.24, 2.45) is 0 Å². The molecule has 0 radical (unpaired) electrons. The largest absolute Gasteiger partial charge is 0.192 e. The summed E-state index contributed by atoms with van der Waals surface area (Å²) in [6.07, 6.45) is 2.59. The second kappa shape index (κ2) is 7.90. The molecule has 0 aliphatic carbocycles. The van der Waals surface area contributed by atoms with Crippen LogP contribution in [0.15, 0.2) is 16.5 Å². The van der Waals surface area contributed by atoms with Crippen LogP contribution in [0.25, 0.3) is 27.3 Å². The van der Waals surface area contributed by atoms with Gasteiger partial charge in [-0.25, -0.2) is 0 Å². The number of benzene rings is 1. The first-order chi connectivity index (χ1) is 12.4. The van der Waals surface area contributed by atoms with Crippen LogP contribution in [0.4, 0.5) is 0 Å². The van der Waals surface area contributed by atoms with Crippen LogP contribution < -0.4 is 10.4 Å². The van der Waals surface area contributed by atoms with Crippen molar-refractivity contribution in [1.29, 1.82) is 21.0 Å². The zero-order chi connectivity index (χ0) is 19.4. The molecule has 126 valence electrons. The van der Waals surface area contributed by atoms with Gasteiger partial charge < -0.3 is 0 Å². The maximum absolute atomic E-state index is 9.46. The van der Waals surface area contributed by atoms with Crippen molar-refractivity contribution in [3.05, 3.63) is 32.5 Å². The lowest BCUT2D eigenvalue weighted by atomic mass is 9.99. The van der Waals surface area contributed by atoms with E-state index in [1.165, 1.54) is 11.3 Å². The normalized spacial score (nSPS) is 9.54. The molecule has 0 amide bonds. The highest BCUT2D eigenvalue weighted by molar-refractivity contribution is 7.80. The van der Waals surface area contributed by atoms with Crippen LogP contribution in [-0.2, 0) is 6.42 Å². The minimum absolute atomic E-state index is 0.00989. The minimum atomic E-state index is -0.0362. The molecule has 0 bridgehead atoms. The highest BCUT2D eigenvalue weighted by Gasteiger charge is 2.17. The predicted molar refractivity (Wildman–Crippen MR) is 106 cm³/mol. The van der Waals surface area contributed by atoms with E-state index < -0.39 is 0 Å². The molecular weight excluding hydrogens is 360 g/mol. The van der Waals surface area contributed by atoms with Gasteiger partial charge in [0, 0.05) is 30.3 Å². The summed E-state index contributed by atoms with van der Waals surface area (Å²) in [5.41, 5.74) is 1.49. The van der Waals surface area contributed by atoms with Gasteiger partial charge in [0.25, 0.3) is 0 Å². The van der Waals surface area contributed by atoms with Crippen molar-refractivity contribution in [3.63, 3.8) is 0 Å². The Bertz CT molecular complexity index is 1200. The number of aryl methyl sites for hydroxylation is 1. The summed E-state index contributed by atoms with van der Waals surface area (Å²) >= 11 is 6.06. The SMILES string of the molecule is CCc1cc2c(=C(C#N)C#N)c(S)c(C=C(C)C)c(=C(C#N)C#N)c2s1. The van der Waals surface area contributed by atoms with Crippen LogP contribution in [0.3, 0.4) is 0 Å². The summed E-state index contributed by atoms with van der Waals surface area (Å²) in [5.74, 6) is 0. The molecule has 26 heavy (non-hydrogen) atoms. The van der Waals surface area contributed by atoms with Crippen LogP contribution in [0.2, 0.25) is 0 Å². The van der Waals surface area contributed by atoms with E-state index in [0.29, 0.717) is 26.3 Å². The van der Waals surface area contributed by atoms with Crippen molar-refractivity contribution < 1.29 is 0 Å². The molecule has 0 N–H and O–H groups in total. The average Bonchev–Trinajstić information content (AvgIpc) is 3.05. The molecule has 1 aromatic carbocycles. The van der Waals surface area contributed by atoms with Crippen molar-refractivity contribution in [3.8, 4) is 24.3 Å². The van der Waals surface area contributed by atoms with Gasteiger partial charge >= 0.3 is 0 Å². The monoisotopic (exact) mass is 374 g/mol. The molecule has 0 unspecified atom stereocenters. The average molecular weight is 374 g/mol. The van der Waals surface area contributed by atoms with Crippen molar-refractivity contribution >= 4 is 51.3 Å². The van der Waals surface area contributed by atoms with Crippen molar-refractivity contribution in [2.45, 2.75) is 32.1 Å². The summed E-state index contributed by atoms with van der Waals surface area (Å²) in [6, 6.07) is 9.72. The second-order valence-corrected chi connectivity index (χ2v) is 7.32. The first-order valence-corrected chi connectivity index (χ1v) is 9.01. The third-order valence-electron chi connectivity index (χ3n) is 3.77. The first kappa shape index (κ1) is 19.3. The fourth-order valence-corrected chi connectivity index (χ4v) is 4.27. The van der Waals surface area contributed by atoms with Crippen LogP contribution in [0.5, 0.6) is 0 Å². The van der Waals surface area contributed by atoms with E-state index in [4.69, 9.17) is 0 Å². The van der Waals surface area contributed by atoms with E-state index in [1.54, 1.807) is 0 Å². The summed E-state index contributed by atoms with van der Waals surface area (Å²) < 4.78 is 0.725. The van der Waals surface area contributed by atoms with E-state index in [-0.39, 0.29) is 11.1 Å². The third kappa shape index (κ3) is 3.22. The lowest BCUT2D eigenvalue weighted by molar-refractivity contribution is 1.19. The van der Waals surface area contributed by atoms with Gasteiger partial charge in [-0.15, -0.1) is 24.0 Å². The fourth-order valence-electron chi connectivity index (χ4n) is 2.69. The summed E-state index contributed by atoms with van der Waals surface area (Å²) in [6.45, 7) is 5.79. The summed E-state index contributed by atoms with van der Waals surface area (Å²) in [4.78, 5) is 1.46. The highest BCUT2D eigenvalue weighted by atomic mass is 32.1. The molecule has 0 saturated carbocycles. The molecule has 6 heteroatoms. The van der Waals surface area contributed by atoms with Crippen LogP contribution in [0.1, 0.15) is 31.2 Å². The number of hydrogen-bond donors (Lipinski definition) is 1. The standard InChI is InChI=1S/C20H14N4S2/c1-4-14-6-16-17(12(7-21)8-22)19(25)15(5-11(2)3)18(20(16)26-14)13(9-23)10-24/h5-6,25H,4H2,1-3H3. The predicted octanol–water partition coefficient (Wildman–Crippen LogP) is 3.57. The number of thiol groups is 1. The van der Waals surface area contributed by atoms with Crippen LogP contribution in [0, 0.1) is 45.3 Å². The molecule has 0 spiro atoms. The molecule has 4 nitrogen and oxygen atoms in total. The Morgan fingerprint density at radius 2 is 1.58 bits per heavy atom. The van der Waals surface area contributed by atoms with Gasteiger partial charge in [0.1, 0.15) is 35.4 Å². The maximum atomic E-state index is 9.46. The second-order valence-electron chi connectivity index (χ2n) is 5.74. The van der Waals surface area contributed by atoms with Gasteiger partial charge in [0.05, 0.1) is 0 Å². The highest BCUT2D eigenvalue weighted by Crippen LogP contribution is 2.26. The van der Waals surface area contributed by atoms with Gasteiger partial charge in [-0.05, 0) is 31.9 Å². The summed E-state index contributed by atoms with van der Waals surface area (Å²) in [5, 5.41) is 39.4. The maximum Gasteiger partial charge on any atom is 0.138 e. The number of rotatable bonds is 2. The smallest absolute Gasteiger partial charge is 0.138 e. The Hall–Kier alpha value is -3.03. The van der Waals surface area contributed by atoms with Gasteiger partial charge in [-0.1, -0.05) is 18.6 Å². The van der Waals surface area contributed by atoms with Crippen LogP contribution in [-0.4, -0.2) is 0 Å². The Morgan fingerprint density at radius 3 is 2.04 bits per heavy atom. The van der Waals surface area contributed by atoms with Gasteiger partial charge in [0.15, 0.2) is 0 Å². The fraction of sp³-hybridized carbons (Fsp3) is 0.200. The zero-order valence-electron chi connectivity index (χ0n) is 14.5. The molecule has 0 atom stereocenters. The summed E-state index contributed by atoms with van der Waals surface area (Å²) in [7, 11) is 0. The Labute approximate surface area is 161 Å². The van der Waals surface area contributed by atoms with Gasteiger partial charge in [0.2, 0.25) is 0 Å². The quantitative estimate of drug-likeness (QED) is 0.813. The number of nitrogens with zero attached hydrogens (tertiary/aromatic N) is 4. The van der Waals surface area contributed by atoms with Crippen LogP contribution >= 0.6 is 24.0 Å². The van der Waals surface area contributed by atoms with Gasteiger partial charge in [-0.2, -0.15) is 21.0 Å².